The van der Waals surface area contributed by atoms with Gasteiger partial charge >= 0.3 is 0 Å². The molecule has 0 aliphatic carbocycles. The van der Waals surface area contributed by atoms with Crippen LogP contribution in [0.5, 0.6) is 0 Å². The minimum atomic E-state index is 0.835. The zero-order valence-electron chi connectivity index (χ0n) is 7.00. The zero-order chi connectivity index (χ0) is 9.26. The van der Waals surface area contributed by atoms with E-state index in [9.17, 15) is 0 Å². The molecule has 0 saturated heterocycles. The first-order valence-corrected chi connectivity index (χ1v) is 4.76. The van der Waals surface area contributed by atoms with Gasteiger partial charge in [0, 0.05) is 16.3 Å². The Bertz CT molecular complexity index is 399. The topological polar surface area (TPSA) is 12.4 Å². The third kappa shape index (κ3) is 1.63. The fourth-order valence-electron chi connectivity index (χ4n) is 1.26. The van der Waals surface area contributed by atoms with Gasteiger partial charge in [-0.25, -0.2) is 0 Å². The number of benzene rings is 1. The third-order valence-electron chi connectivity index (χ3n) is 1.94. The molecule has 64 valence electrons. The standard InChI is InChI=1S/C11H8BrN/c1-8-11(6-7-13-8)9-2-4-10(12)5-3-9/h2-7H,1H2. The molecule has 1 nitrogen and oxygen atoms in total. The van der Waals surface area contributed by atoms with Crippen molar-refractivity contribution in [1.29, 1.82) is 0 Å². The average molecular weight is 234 g/mol. The maximum Gasteiger partial charge on any atom is 0.0636 e. The van der Waals surface area contributed by atoms with Gasteiger partial charge in [-0.3, -0.25) is 4.99 Å². The summed E-state index contributed by atoms with van der Waals surface area (Å²) < 4.78 is 1.08. The lowest BCUT2D eigenvalue weighted by atomic mass is 10.1. The van der Waals surface area contributed by atoms with Crippen LogP contribution in [0.25, 0.3) is 5.57 Å². The molecule has 0 unspecified atom stereocenters. The third-order valence-corrected chi connectivity index (χ3v) is 2.47. The number of hydrogen-bond acceptors (Lipinski definition) is 1. The predicted octanol–water partition coefficient (Wildman–Crippen LogP) is 3.43. The van der Waals surface area contributed by atoms with Crippen molar-refractivity contribution in [1.82, 2.24) is 0 Å². The zero-order valence-corrected chi connectivity index (χ0v) is 8.58. The van der Waals surface area contributed by atoms with Crippen LogP contribution in [0.15, 0.2) is 52.1 Å². The second-order valence-corrected chi connectivity index (χ2v) is 3.73. The molecule has 0 amide bonds. The molecular weight excluding hydrogens is 226 g/mol. The fourth-order valence-corrected chi connectivity index (χ4v) is 1.52. The first-order valence-electron chi connectivity index (χ1n) is 3.97. The molecule has 0 radical (unpaired) electrons. The molecule has 2 rings (SSSR count). The Kier molecular flexibility index (Phi) is 2.15. The van der Waals surface area contributed by atoms with Gasteiger partial charge in [0.1, 0.15) is 0 Å². The first kappa shape index (κ1) is 8.45. The highest BCUT2D eigenvalue weighted by molar-refractivity contribution is 9.10. The molecule has 0 bridgehead atoms. The Balaban J connectivity index is 2.38. The highest BCUT2D eigenvalue weighted by atomic mass is 79.9. The summed E-state index contributed by atoms with van der Waals surface area (Å²) in [4.78, 5) is 4.09. The predicted molar refractivity (Wildman–Crippen MR) is 59.8 cm³/mol. The van der Waals surface area contributed by atoms with Crippen LogP contribution in [0.3, 0.4) is 0 Å². The molecule has 1 heterocycles. The van der Waals surface area contributed by atoms with E-state index in [4.69, 9.17) is 0 Å². The van der Waals surface area contributed by atoms with Crippen LogP contribution in [0.4, 0.5) is 0 Å². The number of hydrogen-bond donors (Lipinski definition) is 0. The van der Waals surface area contributed by atoms with Crippen molar-refractivity contribution in [2.24, 2.45) is 4.99 Å². The SMILES string of the molecule is C=C1N=CC=C1c1ccc(Br)cc1. The van der Waals surface area contributed by atoms with Crippen LogP contribution in [0.2, 0.25) is 0 Å². The van der Waals surface area contributed by atoms with Gasteiger partial charge in [0.2, 0.25) is 0 Å². The molecule has 1 aliphatic heterocycles. The van der Waals surface area contributed by atoms with Crippen molar-refractivity contribution in [2.45, 2.75) is 0 Å². The minimum Gasteiger partial charge on any atom is -0.257 e. The lowest BCUT2D eigenvalue weighted by molar-refractivity contribution is 1.47. The summed E-state index contributed by atoms with van der Waals surface area (Å²) in [5.41, 5.74) is 3.10. The molecule has 1 aliphatic rings. The van der Waals surface area contributed by atoms with E-state index in [-0.39, 0.29) is 0 Å². The van der Waals surface area contributed by atoms with Crippen LogP contribution in [0.1, 0.15) is 5.56 Å². The van der Waals surface area contributed by atoms with Crippen molar-refractivity contribution in [3.05, 3.63) is 52.7 Å². The molecule has 0 fully saturated rings. The molecule has 0 spiro atoms. The van der Waals surface area contributed by atoms with Crippen LogP contribution in [0, 0.1) is 0 Å². The van der Waals surface area contributed by atoms with Crippen molar-refractivity contribution >= 4 is 27.7 Å². The number of halogens is 1. The summed E-state index contributed by atoms with van der Waals surface area (Å²) in [6.07, 6.45) is 3.76. The summed E-state index contributed by atoms with van der Waals surface area (Å²) in [5.74, 6) is 0. The van der Waals surface area contributed by atoms with Gasteiger partial charge in [0.05, 0.1) is 5.70 Å². The fraction of sp³-hybridized carbons (Fsp3) is 0. The molecule has 0 saturated carbocycles. The minimum absolute atomic E-state index is 0.835. The van der Waals surface area contributed by atoms with E-state index in [1.54, 1.807) is 6.21 Å². The van der Waals surface area contributed by atoms with Gasteiger partial charge in [-0.05, 0) is 23.8 Å². The number of allylic oxidation sites excluding steroid dienone is 2. The highest BCUT2D eigenvalue weighted by Gasteiger charge is 2.07. The maximum absolute atomic E-state index is 4.09. The van der Waals surface area contributed by atoms with Crippen LogP contribution in [-0.2, 0) is 0 Å². The van der Waals surface area contributed by atoms with E-state index in [2.05, 4.69) is 39.6 Å². The second-order valence-electron chi connectivity index (χ2n) is 2.81. The molecule has 0 atom stereocenters. The summed E-state index contributed by atoms with van der Waals surface area (Å²) >= 11 is 3.40. The summed E-state index contributed by atoms with van der Waals surface area (Å²) in [6.45, 7) is 3.86. The molecule has 0 aromatic heterocycles. The Labute approximate surface area is 85.6 Å². The Hall–Kier alpha value is -1.15. The van der Waals surface area contributed by atoms with E-state index >= 15 is 0 Å². The maximum atomic E-state index is 4.09. The van der Waals surface area contributed by atoms with E-state index in [1.165, 1.54) is 0 Å². The van der Waals surface area contributed by atoms with E-state index in [1.807, 2.05) is 18.2 Å². The smallest absolute Gasteiger partial charge is 0.0636 e. The van der Waals surface area contributed by atoms with Gasteiger partial charge < -0.3 is 0 Å². The number of nitrogens with zero attached hydrogens (tertiary/aromatic N) is 1. The Morgan fingerprint density at radius 3 is 2.38 bits per heavy atom. The molecule has 1 aromatic rings. The Morgan fingerprint density at radius 1 is 1.15 bits per heavy atom. The van der Waals surface area contributed by atoms with Gasteiger partial charge in [-0.2, -0.15) is 0 Å². The van der Waals surface area contributed by atoms with Gasteiger partial charge in [-0.15, -0.1) is 0 Å². The monoisotopic (exact) mass is 233 g/mol. The number of rotatable bonds is 1. The van der Waals surface area contributed by atoms with Gasteiger partial charge in [0.15, 0.2) is 0 Å². The quantitative estimate of drug-likeness (QED) is 0.705. The summed E-state index contributed by atoms with van der Waals surface area (Å²) in [5, 5.41) is 0. The van der Waals surface area contributed by atoms with E-state index in [0.29, 0.717) is 0 Å². The average Bonchev–Trinajstić information content (AvgIpc) is 2.53. The molecule has 13 heavy (non-hydrogen) atoms. The van der Waals surface area contributed by atoms with Crippen LogP contribution >= 0.6 is 15.9 Å². The number of aliphatic imine (C=N–C) groups is 1. The van der Waals surface area contributed by atoms with E-state index < -0.39 is 0 Å². The van der Waals surface area contributed by atoms with Gasteiger partial charge in [-0.1, -0.05) is 34.6 Å². The molecule has 1 aromatic carbocycles. The van der Waals surface area contributed by atoms with Crippen molar-refractivity contribution in [2.75, 3.05) is 0 Å². The molecule has 2 heteroatoms. The molecular formula is C11H8BrN. The Morgan fingerprint density at radius 2 is 1.85 bits per heavy atom. The van der Waals surface area contributed by atoms with Gasteiger partial charge in [0.25, 0.3) is 0 Å². The largest absolute Gasteiger partial charge is 0.257 e. The lowest BCUT2D eigenvalue weighted by Crippen LogP contribution is -1.82. The van der Waals surface area contributed by atoms with E-state index in [0.717, 1.165) is 21.3 Å². The lowest BCUT2D eigenvalue weighted by Gasteiger charge is -2.02. The van der Waals surface area contributed by atoms with Crippen molar-refractivity contribution in [3.63, 3.8) is 0 Å². The highest BCUT2D eigenvalue weighted by Crippen LogP contribution is 2.26. The van der Waals surface area contributed by atoms with Crippen LogP contribution < -0.4 is 0 Å². The summed E-state index contributed by atoms with van der Waals surface area (Å²) in [6, 6.07) is 8.13. The van der Waals surface area contributed by atoms with Crippen LogP contribution in [-0.4, -0.2) is 6.21 Å². The molecule has 0 N–H and O–H groups in total. The second kappa shape index (κ2) is 3.30. The summed E-state index contributed by atoms with van der Waals surface area (Å²) in [7, 11) is 0. The van der Waals surface area contributed by atoms with Crippen molar-refractivity contribution < 1.29 is 0 Å². The van der Waals surface area contributed by atoms with Crippen molar-refractivity contribution in [3.8, 4) is 0 Å². The normalized spacial score (nSPS) is 14.8. The first-order chi connectivity index (χ1) is 6.27.